The Morgan fingerprint density at radius 2 is 1.81 bits per heavy atom. The first-order valence-electron chi connectivity index (χ1n) is 9.00. The van der Waals surface area contributed by atoms with Gasteiger partial charge in [0.15, 0.2) is 0 Å². The highest BCUT2D eigenvalue weighted by molar-refractivity contribution is 7.87. The summed E-state index contributed by atoms with van der Waals surface area (Å²) in [6.45, 7) is 3.58. The van der Waals surface area contributed by atoms with E-state index in [0.717, 1.165) is 18.4 Å². The van der Waals surface area contributed by atoms with Crippen molar-refractivity contribution in [1.82, 2.24) is 13.9 Å². The first kappa shape index (κ1) is 19.1. The highest BCUT2D eigenvalue weighted by Crippen LogP contribution is 2.30. The molecule has 0 spiro atoms. The molecule has 0 saturated carbocycles. The zero-order valence-corrected chi connectivity index (χ0v) is 16.3. The summed E-state index contributed by atoms with van der Waals surface area (Å²) < 4.78 is 34.1. The highest BCUT2D eigenvalue weighted by Gasteiger charge is 2.42. The fourth-order valence-corrected chi connectivity index (χ4v) is 4.86. The summed E-state index contributed by atoms with van der Waals surface area (Å²) in [4.78, 5) is 14.8. The van der Waals surface area contributed by atoms with Crippen LogP contribution >= 0.6 is 0 Å². The molecule has 2 aliphatic heterocycles. The van der Waals surface area contributed by atoms with Gasteiger partial charge in [-0.1, -0.05) is 19.1 Å². The zero-order chi connectivity index (χ0) is 18.9. The van der Waals surface area contributed by atoms with E-state index in [-0.39, 0.29) is 5.91 Å². The van der Waals surface area contributed by atoms with E-state index in [1.54, 1.807) is 19.2 Å². The third-order valence-corrected chi connectivity index (χ3v) is 7.06. The number of carbonyl (C=O) groups excluding carboxylic acids is 1. The molecule has 0 radical (unpaired) electrons. The minimum atomic E-state index is -3.71. The van der Waals surface area contributed by atoms with Gasteiger partial charge in [0.25, 0.3) is 10.2 Å². The molecule has 2 atom stereocenters. The molecule has 1 N–H and O–H groups in total. The van der Waals surface area contributed by atoms with Gasteiger partial charge in [-0.15, -0.1) is 0 Å². The summed E-state index contributed by atoms with van der Waals surface area (Å²) in [5.41, 5.74) is 0.826. The summed E-state index contributed by atoms with van der Waals surface area (Å²) in [5.74, 6) is 1.23. The van der Waals surface area contributed by atoms with Crippen molar-refractivity contribution in [2.45, 2.75) is 38.3 Å². The summed E-state index contributed by atoms with van der Waals surface area (Å²) in [6.07, 6.45) is 2.34. The lowest BCUT2D eigenvalue weighted by Crippen LogP contribution is -2.58. The van der Waals surface area contributed by atoms with Crippen LogP contribution in [0.15, 0.2) is 24.3 Å². The van der Waals surface area contributed by atoms with Gasteiger partial charge in [-0.2, -0.15) is 17.4 Å². The van der Waals surface area contributed by atoms with Crippen LogP contribution in [0.25, 0.3) is 0 Å². The minimum Gasteiger partial charge on any atom is -0.497 e. The molecule has 144 valence electrons. The Kier molecular flexibility index (Phi) is 5.55. The molecular weight excluding hydrogens is 354 g/mol. The summed E-state index contributed by atoms with van der Waals surface area (Å²) in [5, 5.41) is 0. The van der Waals surface area contributed by atoms with E-state index in [1.807, 2.05) is 17.0 Å². The van der Waals surface area contributed by atoms with Crippen molar-refractivity contribution in [1.29, 1.82) is 0 Å². The topological polar surface area (TPSA) is 79.0 Å². The Balaban J connectivity index is 1.81. The second kappa shape index (κ2) is 7.54. The number of rotatable bonds is 3. The first-order chi connectivity index (χ1) is 12.3. The first-order valence-corrected chi connectivity index (χ1v) is 10.4. The van der Waals surface area contributed by atoms with E-state index in [4.69, 9.17) is 4.74 Å². The number of hydrogen-bond acceptors (Lipinski definition) is 4. The number of amides is 1. The summed E-state index contributed by atoms with van der Waals surface area (Å²) in [6, 6.07) is 6.15. The molecule has 26 heavy (non-hydrogen) atoms. The molecule has 0 aliphatic carbocycles. The summed E-state index contributed by atoms with van der Waals surface area (Å²) in [7, 11) is -0.655. The van der Waals surface area contributed by atoms with Gasteiger partial charge >= 0.3 is 0 Å². The number of likely N-dealkylation sites (tertiary alicyclic amines) is 1. The van der Waals surface area contributed by atoms with Gasteiger partial charge in [0.1, 0.15) is 11.8 Å². The lowest BCUT2D eigenvalue weighted by atomic mass is 9.96. The van der Waals surface area contributed by atoms with Gasteiger partial charge < -0.3 is 9.64 Å². The van der Waals surface area contributed by atoms with Crippen LogP contribution in [0.2, 0.25) is 0 Å². The molecule has 1 amide bonds. The monoisotopic (exact) mass is 381 g/mol. The Morgan fingerprint density at radius 3 is 2.38 bits per heavy atom. The highest BCUT2D eigenvalue weighted by atomic mass is 32.2. The standard InChI is InChI=1S/C18H27N3O4S/c1-13-8-10-21(11-9-13)18(22)17-12-16(19-26(23,24)20(17)2)14-4-6-15(25-3)7-5-14/h4-7,13,16-17,19H,8-12H2,1-3H3/t16-,17+/m0/s1. The van der Waals surface area contributed by atoms with Crippen LogP contribution in [0.3, 0.4) is 0 Å². The van der Waals surface area contributed by atoms with Gasteiger partial charge in [0.2, 0.25) is 5.91 Å². The van der Waals surface area contributed by atoms with Crippen molar-refractivity contribution < 1.29 is 17.9 Å². The number of piperidine rings is 1. The molecule has 2 aliphatic rings. The van der Waals surface area contributed by atoms with Crippen LogP contribution in [0, 0.1) is 5.92 Å². The third kappa shape index (κ3) is 3.87. The number of nitrogens with zero attached hydrogens (tertiary/aromatic N) is 2. The Morgan fingerprint density at radius 1 is 1.19 bits per heavy atom. The molecule has 7 nitrogen and oxygen atoms in total. The molecule has 0 bridgehead atoms. The number of likely N-dealkylation sites (N-methyl/N-ethyl adjacent to an activating group) is 1. The number of carbonyl (C=O) groups is 1. The van der Waals surface area contributed by atoms with Gasteiger partial charge in [-0.05, 0) is 42.9 Å². The van der Waals surface area contributed by atoms with Crippen molar-refractivity contribution in [2.24, 2.45) is 5.92 Å². The fraction of sp³-hybridized carbons (Fsp3) is 0.611. The average molecular weight is 381 g/mol. The van der Waals surface area contributed by atoms with Crippen molar-refractivity contribution >= 4 is 16.1 Å². The maximum atomic E-state index is 13.0. The number of ether oxygens (including phenoxy) is 1. The van der Waals surface area contributed by atoms with Gasteiger partial charge in [0.05, 0.1) is 7.11 Å². The van der Waals surface area contributed by atoms with E-state index in [2.05, 4.69) is 11.6 Å². The molecule has 8 heteroatoms. The Labute approximate surface area is 155 Å². The van der Waals surface area contributed by atoms with E-state index in [9.17, 15) is 13.2 Å². The molecule has 2 saturated heterocycles. The molecule has 1 aromatic rings. The van der Waals surface area contributed by atoms with Crippen LogP contribution in [-0.4, -0.2) is 56.8 Å². The molecule has 1 aromatic carbocycles. The van der Waals surface area contributed by atoms with E-state index < -0.39 is 22.3 Å². The number of hydrogen-bond donors (Lipinski definition) is 1. The Bertz CT molecular complexity index is 742. The Hall–Kier alpha value is -1.64. The molecular formula is C18H27N3O4S. The summed E-state index contributed by atoms with van der Waals surface area (Å²) >= 11 is 0. The molecule has 0 aromatic heterocycles. The van der Waals surface area contributed by atoms with Crippen LogP contribution < -0.4 is 9.46 Å². The molecule has 2 fully saturated rings. The third-order valence-electron chi connectivity index (χ3n) is 5.47. The van der Waals surface area contributed by atoms with Crippen LogP contribution in [-0.2, 0) is 15.0 Å². The second-order valence-corrected chi connectivity index (χ2v) is 8.99. The molecule has 0 unspecified atom stereocenters. The van der Waals surface area contributed by atoms with Gasteiger partial charge in [0, 0.05) is 26.2 Å². The van der Waals surface area contributed by atoms with Crippen LogP contribution in [0.4, 0.5) is 0 Å². The van der Waals surface area contributed by atoms with Crippen LogP contribution in [0.5, 0.6) is 5.75 Å². The van der Waals surface area contributed by atoms with E-state index in [1.165, 1.54) is 11.4 Å². The van der Waals surface area contributed by atoms with E-state index >= 15 is 0 Å². The zero-order valence-electron chi connectivity index (χ0n) is 15.5. The molecule has 3 rings (SSSR count). The van der Waals surface area contributed by atoms with Crippen molar-refractivity contribution in [2.75, 3.05) is 27.2 Å². The van der Waals surface area contributed by atoms with E-state index in [0.29, 0.717) is 31.2 Å². The van der Waals surface area contributed by atoms with Crippen molar-refractivity contribution in [3.63, 3.8) is 0 Å². The average Bonchev–Trinajstić information content (AvgIpc) is 2.64. The largest absolute Gasteiger partial charge is 0.497 e. The number of methoxy groups -OCH3 is 1. The lowest BCUT2D eigenvalue weighted by molar-refractivity contribution is -0.137. The maximum absolute atomic E-state index is 13.0. The van der Waals surface area contributed by atoms with Crippen LogP contribution in [0.1, 0.15) is 37.8 Å². The predicted octanol–water partition coefficient (Wildman–Crippen LogP) is 1.53. The van der Waals surface area contributed by atoms with Crippen molar-refractivity contribution in [3.8, 4) is 5.75 Å². The smallest absolute Gasteiger partial charge is 0.280 e. The second-order valence-electron chi connectivity index (χ2n) is 7.22. The fourth-order valence-electron chi connectivity index (χ4n) is 3.59. The van der Waals surface area contributed by atoms with Gasteiger partial charge in [-0.3, -0.25) is 4.79 Å². The maximum Gasteiger partial charge on any atom is 0.280 e. The quantitative estimate of drug-likeness (QED) is 0.861. The predicted molar refractivity (Wildman–Crippen MR) is 98.9 cm³/mol. The van der Waals surface area contributed by atoms with Crippen molar-refractivity contribution in [3.05, 3.63) is 29.8 Å². The SMILES string of the molecule is COc1ccc([C@@H]2C[C@H](C(=O)N3CCC(C)CC3)N(C)S(=O)(=O)N2)cc1. The minimum absolute atomic E-state index is 0.0945. The molecule has 2 heterocycles. The number of nitrogens with one attached hydrogen (secondary N) is 1. The normalized spacial score (nSPS) is 27.3. The number of benzene rings is 1. The van der Waals surface area contributed by atoms with Gasteiger partial charge in [-0.25, -0.2) is 0 Å². The lowest BCUT2D eigenvalue weighted by Gasteiger charge is -2.40.